The molecule has 0 unspecified atom stereocenters. The molecule has 0 radical (unpaired) electrons. The van der Waals surface area contributed by atoms with Gasteiger partial charge in [0.2, 0.25) is 5.91 Å². The number of nitrogens with one attached hydrogen (secondary N) is 3. The highest BCUT2D eigenvalue weighted by Gasteiger charge is 2.25. The fraction of sp³-hybridized carbons (Fsp3) is 0.217. The van der Waals surface area contributed by atoms with Crippen molar-refractivity contribution in [1.29, 1.82) is 0 Å². The summed E-state index contributed by atoms with van der Waals surface area (Å²) in [6, 6.07) is 13.7. The number of fused-ring (bicyclic) bond motifs is 4. The first-order chi connectivity index (χ1) is 15.0. The van der Waals surface area contributed by atoms with Crippen molar-refractivity contribution in [2.75, 3.05) is 10.6 Å². The van der Waals surface area contributed by atoms with Gasteiger partial charge in [-0.2, -0.15) is 5.10 Å². The van der Waals surface area contributed by atoms with Crippen LogP contribution in [0.4, 0.5) is 10.8 Å². The van der Waals surface area contributed by atoms with Gasteiger partial charge >= 0.3 is 0 Å². The average molecular weight is 432 g/mol. The first-order valence-corrected chi connectivity index (χ1v) is 11.0. The van der Waals surface area contributed by atoms with Crippen LogP contribution in [-0.2, 0) is 17.6 Å². The molecule has 0 saturated carbocycles. The van der Waals surface area contributed by atoms with Gasteiger partial charge < -0.3 is 10.6 Å². The Labute approximate surface area is 182 Å². The van der Waals surface area contributed by atoms with E-state index in [-0.39, 0.29) is 17.7 Å². The predicted molar refractivity (Wildman–Crippen MR) is 122 cm³/mol. The number of aromatic nitrogens is 3. The van der Waals surface area contributed by atoms with Crippen LogP contribution in [0.15, 0.2) is 42.5 Å². The Bertz CT molecular complexity index is 1320. The SMILES string of the molecule is CC(C)C(=O)Nc1nc2cc(NC(=O)c3[nH]nc4c3CCc3ccccc3-4)ccc2s1. The summed E-state index contributed by atoms with van der Waals surface area (Å²) in [7, 11) is 0. The Kier molecular flexibility index (Phi) is 4.78. The molecule has 2 aromatic heterocycles. The molecule has 31 heavy (non-hydrogen) atoms. The summed E-state index contributed by atoms with van der Waals surface area (Å²) in [6.07, 6.45) is 1.66. The summed E-state index contributed by atoms with van der Waals surface area (Å²) in [6.45, 7) is 3.67. The molecule has 0 atom stereocenters. The van der Waals surface area contributed by atoms with Gasteiger partial charge in [-0.15, -0.1) is 0 Å². The fourth-order valence-electron chi connectivity index (χ4n) is 3.75. The van der Waals surface area contributed by atoms with E-state index in [2.05, 4.69) is 31.9 Å². The van der Waals surface area contributed by atoms with Crippen LogP contribution in [0, 0.1) is 5.92 Å². The molecular formula is C23H21N5O2S. The molecule has 0 bridgehead atoms. The maximum atomic E-state index is 13.0. The van der Waals surface area contributed by atoms with Crippen molar-refractivity contribution in [3.05, 3.63) is 59.3 Å². The van der Waals surface area contributed by atoms with Gasteiger partial charge in [-0.05, 0) is 36.6 Å². The minimum Gasteiger partial charge on any atom is -0.321 e. The highest BCUT2D eigenvalue weighted by atomic mass is 32.1. The van der Waals surface area contributed by atoms with Gasteiger partial charge in [0.1, 0.15) is 5.69 Å². The molecule has 1 aliphatic carbocycles. The smallest absolute Gasteiger partial charge is 0.273 e. The number of benzene rings is 2. The topological polar surface area (TPSA) is 99.8 Å². The molecule has 0 fully saturated rings. The van der Waals surface area contributed by atoms with Crippen molar-refractivity contribution in [2.24, 2.45) is 5.92 Å². The largest absolute Gasteiger partial charge is 0.321 e. The van der Waals surface area contributed by atoms with E-state index in [0.717, 1.165) is 39.9 Å². The minimum atomic E-state index is -0.226. The zero-order valence-corrected chi connectivity index (χ0v) is 18.0. The van der Waals surface area contributed by atoms with Crippen LogP contribution in [0.2, 0.25) is 0 Å². The molecule has 2 aromatic carbocycles. The lowest BCUT2D eigenvalue weighted by atomic mass is 9.89. The second-order valence-corrected chi connectivity index (χ2v) is 8.91. The minimum absolute atomic E-state index is 0.0711. The lowest BCUT2D eigenvalue weighted by Gasteiger charge is -2.15. The number of aryl methyl sites for hydroxylation is 1. The molecule has 0 aliphatic heterocycles. The van der Waals surface area contributed by atoms with E-state index in [1.54, 1.807) is 0 Å². The molecule has 0 spiro atoms. The summed E-state index contributed by atoms with van der Waals surface area (Å²) in [5, 5.41) is 13.7. The van der Waals surface area contributed by atoms with E-state index in [1.807, 2.05) is 50.2 Å². The lowest BCUT2D eigenvalue weighted by Crippen LogP contribution is -2.17. The Balaban J connectivity index is 1.38. The molecule has 2 amide bonds. The van der Waals surface area contributed by atoms with Crippen molar-refractivity contribution in [1.82, 2.24) is 15.2 Å². The summed E-state index contributed by atoms with van der Waals surface area (Å²) in [4.78, 5) is 29.4. The third-order valence-corrected chi connectivity index (χ3v) is 6.36. The number of anilines is 2. The standard InChI is InChI=1S/C23H21N5O2S/c1-12(2)21(29)26-23-25-17-11-14(8-10-18(17)31-23)24-22(30)20-16-9-7-13-5-3-4-6-15(13)19(16)27-28-20/h3-6,8,10-12H,7,9H2,1-2H3,(H,24,30)(H,27,28)(H,25,26,29). The van der Waals surface area contributed by atoms with E-state index in [0.29, 0.717) is 16.5 Å². The van der Waals surface area contributed by atoms with E-state index in [4.69, 9.17) is 0 Å². The fourth-order valence-corrected chi connectivity index (χ4v) is 4.60. The van der Waals surface area contributed by atoms with Gasteiger partial charge in [-0.25, -0.2) is 4.98 Å². The number of nitrogens with zero attached hydrogens (tertiary/aromatic N) is 2. The van der Waals surface area contributed by atoms with Crippen LogP contribution in [-0.4, -0.2) is 27.0 Å². The molecule has 7 nitrogen and oxygen atoms in total. The zero-order valence-electron chi connectivity index (χ0n) is 17.2. The van der Waals surface area contributed by atoms with E-state index in [9.17, 15) is 9.59 Å². The highest BCUT2D eigenvalue weighted by molar-refractivity contribution is 7.22. The second kappa shape index (κ2) is 7.63. The van der Waals surface area contributed by atoms with Crippen LogP contribution in [0.1, 0.15) is 35.5 Å². The average Bonchev–Trinajstić information content (AvgIpc) is 3.37. The first kappa shape index (κ1) is 19.4. The quantitative estimate of drug-likeness (QED) is 0.438. The zero-order chi connectivity index (χ0) is 21.5. The van der Waals surface area contributed by atoms with Crippen LogP contribution in [0.5, 0.6) is 0 Å². The third kappa shape index (κ3) is 3.59. The van der Waals surface area contributed by atoms with Gasteiger partial charge in [0.15, 0.2) is 5.13 Å². The number of rotatable bonds is 4. The van der Waals surface area contributed by atoms with Crippen LogP contribution in [0.25, 0.3) is 21.5 Å². The van der Waals surface area contributed by atoms with E-state index >= 15 is 0 Å². The Morgan fingerprint density at radius 1 is 1.10 bits per heavy atom. The van der Waals surface area contributed by atoms with Crippen LogP contribution in [0.3, 0.4) is 0 Å². The molecule has 156 valence electrons. The molecule has 8 heteroatoms. The Hall–Kier alpha value is -3.52. The maximum absolute atomic E-state index is 13.0. The number of amides is 2. The van der Waals surface area contributed by atoms with Gasteiger partial charge in [0, 0.05) is 22.7 Å². The molecular weight excluding hydrogens is 410 g/mol. The number of H-pyrrole nitrogens is 1. The summed E-state index contributed by atoms with van der Waals surface area (Å²) in [5.74, 6) is -0.414. The summed E-state index contributed by atoms with van der Waals surface area (Å²) >= 11 is 1.41. The van der Waals surface area contributed by atoms with Crippen molar-refractivity contribution in [3.8, 4) is 11.3 Å². The molecule has 5 rings (SSSR count). The van der Waals surface area contributed by atoms with Gasteiger partial charge in [0.25, 0.3) is 5.91 Å². The highest BCUT2D eigenvalue weighted by Crippen LogP contribution is 2.34. The van der Waals surface area contributed by atoms with Gasteiger partial charge in [-0.1, -0.05) is 49.4 Å². The van der Waals surface area contributed by atoms with Crippen molar-refractivity contribution >= 4 is 44.2 Å². The number of aromatic amines is 1. The van der Waals surface area contributed by atoms with Crippen molar-refractivity contribution in [2.45, 2.75) is 26.7 Å². The number of thiazole rings is 1. The monoisotopic (exact) mass is 431 g/mol. The molecule has 3 N–H and O–H groups in total. The molecule has 4 aromatic rings. The maximum Gasteiger partial charge on any atom is 0.273 e. The first-order valence-electron chi connectivity index (χ1n) is 10.2. The summed E-state index contributed by atoms with van der Waals surface area (Å²) < 4.78 is 0.938. The summed E-state index contributed by atoms with van der Waals surface area (Å²) in [5.41, 5.74) is 6.00. The van der Waals surface area contributed by atoms with Crippen molar-refractivity contribution in [3.63, 3.8) is 0 Å². The van der Waals surface area contributed by atoms with E-state index in [1.165, 1.54) is 16.9 Å². The lowest BCUT2D eigenvalue weighted by molar-refractivity contribution is -0.118. The molecule has 1 aliphatic rings. The third-order valence-electron chi connectivity index (χ3n) is 5.41. The normalized spacial score (nSPS) is 12.5. The number of hydrogen-bond acceptors (Lipinski definition) is 5. The van der Waals surface area contributed by atoms with Gasteiger partial charge in [-0.3, -0.25) is 14.7 Å². The van der Waals surface area contributed by atoms with Crippen molar-refractivity contribution < 1.29 is 9.59 Å². The van der Waals surface area contributed by atoms with Crippen LogP contribution >= 0.6 is 11.3 Å². The Morgan fingerprint density at radius 3 is 2.77 bits per heavy atom. The van der Waals surface area contributed by atoms with E-state index < -0.39 is 0 Å². The van der Waals surface area contributed by atoms with Gasteiger partial charge in [0.05, 0.1) is 15.9 Å². The number of hydrogen-bond donors (Lipinski definition) is 3. The number of carbonyl (C=O) groups is 2. The number of carbonyl (C=O) groups excluding carboxylic acids is 2. The predicted octanol–water partition coefficient (Wildman–Crippen LogP) is 4.63. The van der Waals surface area contributed by atoms with Crippen LogP contribution < -0.4 is 10.6 Å². The second-order valence-electron chi connectivity index (χ2n) is 7.88. The molecule has 2 heterocycles. The molecule has 0 saturated heterocycles. The Morgan fingerprint density at radius 2 is 1.94 bits per heavy atom.